The molecule has 0 aromatic carbocycles. The fourth-order valence-corrected chi connectivity index (χ4v) is 4.53. The van der Waals surface area contributed by atoms with Crippen LogP contribution in [0, 0.1) is 5.41 Å². The molecule has 1 aromatic rings. The molecule has 0 amide bonds. The minimum absolute atomic E-state index is 0.441. The second kappa shape index (κ2) is 5.41. The Balaban J connectivity index is 2.03. The van der Waals surface area contributed by atoms with Gasteiger partial charge < -0.3 is 5.32 Å². The first-order chi connectivity index (χ1) is 8.00. The van der Waals surface area contributed by atoms with Crippen LogP contribution < -0.4 is 5.32 Å². The van der Waals surface area contributed by atoms with Crippen LogP contribution in [0.1, 0.15) is 57.4 Å². The summed E-state index contributed by atoms with van der Waals surface area (Å²) in [6, 6.07) is 3.25. The van der Waals surface area contributed by atoms with Crippen LogP contribution in [0.4, 0.5) is 0 Å². The SMILES string of the molecule is CC(NC1CCCCC1(C)C)c1sccc1Br. The Morgan fingerprint density at radius 3 is 2.82 bits per heavy atom. The average molecular weight is 316 g/mol. The lowest BCUT2D eigenvalue weighted by Crippen LogP contribution is -2.45. The Labute approximate surface area is 117 Å². The number of nitrogens with one attached hydrogen (secondary N) is 1. The van der Waals surface area contributed by atoms with Crippen LogP contribution in [-0.2, 0) is 0 Å². The minimum atomic E-state index is 0.441. The van der Waals surface area contributed by atoms with E-state index in [2.05, 4.69) is 53.5 Å². The van der Waals surface area contributed by atoms with Gasteiger partial charge in [-0.25, -0.2) is 0 Å². The van der Waals surface area contributed by atoms with Crippen LogP contribution in [-0.4, -0.2) is 6.04 Å². The van der Waals surface area contributed by atoms with Gasteiger partial charge in [0.25, 0.3) is 0 Å². The Bertz CT molecular complexity index is 372. The van der Waals surface area contributed by atoms with Crippen molar-refractivity contribution in [1.82, 2.24) is 5.32 Å². The number of thiophene rings is 1. The van der Waals surface area contributed by atoms with Crippen LogP contribution in [0.15, 0.2) is 15.9 Å². The molecule has 1 saturated carbocycles. The van der Waals surface area contributed by atoms with Crippen LogP contribution >= 0.6 is 27.3 Å². The fraction of sp³-hybridized carbons (Fsp3) is 0.714. The number of hydrogen-bond donors (Lipinski definition) is 1. The van der Waals surface area contributed by atoms with E-state index in [-0.39, 0.29) is 0 Å². The van der Waals surface area contributed by atoms with Crippen molar-refractivity contribution in [3.63, 3.8) is 0 Å². The summed E-state index contributed by atoms with van der Waals surface area (Å²) in [7, 11) is 0. The molecule has 1 fully saturated rings. The summed E-state index contributed by atoms with van der Waals surface area (Å²) in [5.41, 5.74) is 0.441. The summed E-state index contributed by atoms with van der Waals surface area (Å²) in [6.45, 7) is 7.08. The van der Waals surface area contributed by atoms with Crippen molar-refractivity contribution in [3.8, 4) is 0 Å². The van der Waals surface area contributed by atoms with Crippen LogP contribution in [0.2, 0.25) is 0 Å². The van der Waals surface area contributed by atoms with E-state index >= 15 is 0 Å². The van der Waals surface area contributed by atoms with E-state index in [0.717, 1.165) is 0 Å². The second-order valence-corrected chi connectivity index (χ2v) is 7.61. The summed E-state index contributed by atoms with van der Waals surface area (Å²) < 4.78 is 1.25. The molecule has 0 saturated heterocycles. The van der Waals surface area contributed by atoms with Crippen LogP contribution in [0.25, 0.3) is 0 Å². The Morgan fingerprint density at radius 1 is 1.47 bits per heavy atom. The van der Waals surface area contributed by atoms with Crippen molar-refractivity contribution in [2.24, 2.45) is 5.41 Å². The van der Waals surface area contributed by atoms with Crippen molar-refractivity contribution in [3.05, 3.63) is 20.8 Å². The first-order valence-corrected chi connectivity index (χ1v) is 8.17. The van der Waals surface area contributed by atoms with Gasteiger partial charge >= 0.3 is 0 Å². The van der Waals surface area contributed by atoms with E-state index in [0.29, 0.717) is 17.5 Å². The molecule has 1 aromatic heterocycles. The Kier molecular flexibility index (Phi) is 4.32. The largest absolute Gasteiger partial charge is 0.306 e. The van der Waals surface area contributed by atoms with Gasteiger partial charge in [0.2, 0.25) is 0 Å². The van der Waals surface area contributed by atoms with Crippen LogP contribution in [0.5, 0.6) is 0 Å². The Hall–Kier alpha value is 0.140. The van der Waals surface area contributed by atoms with Gasteiger partial charge in [-0.1, -0.05) is 26.7 Å². The van der Waals surface area contributed by atoms with E-state index in [1.165, 1.54) is 35.0 Å². The zero-order valence-corrected chi connectivity index (χ0v) is 13.3. The molecule has 2 rings (SSSR count). The standard InChI is InChI=1S/C14H22BrNS/c1-10(13-11(15)7-9-17-13)16-12-6-4-5-8-14(12,2)3/h7,9-10,12,16H,4-6,8H2,1-3H3. The van der Waals surface area contributed by atoms with E-state index in [1.54, 1.807) is 0 Å². The molecule has 0 radical (unpaired) electrons. The van der Waals surface area contributed by atoms with Gasteiger partial charge in [-0.3, -0.25) is 0 Å². The monoisotopic (exact) mass is 315 g/mol. The van der Waals surface area contributed by atoms with Gasteiger partial charge in [-0.15, -0.1) is 11.3 Å². The Morgan fingerprint density at radius 2 is 2.24 bits per heavy atom. The lowest BCUT2D eigenvalue weighted by atomic mass is 9.73. The zero-order valence-electron chi connectivity index (χ0n) is 10.9. The smallest absolute Gasteiger partial charge is 0.0399 e. The number of halogens is 1. The fourth-order valence-electron chi connectivity index (χ4n) is 2.79. The highest BCUT2D eigenvalue weighted by Crippen LogP contribution is 2.37. The molecule has 0 aliphatic heterocycles. The molecular weight excluding hydrogens is 294 g/mol. The highest BCUT2D eigenvalue weighted by atomic mass is 79.9. The highest BCUT2D eigenvalue weighted by Gasteiger charge is 2.33. The summed E-state index contributed by atoms with van der Waals surface area (Å²) in [4.78, 5) is 1.42. The maximum atomic E-state index is 3.83. The maximum Gasteiger partial charge on any atom is 0.0399 e. The summed E-state index contributed by atoms with van der Waals surface area (Å²) in [5, 5.41) is 5.99. The molecule has 1 nitrogen and oxygen atoms in total. The number of hydrogen-bond acceptors (Lipinski definition) is 2. The normalized spacial score (nSPS) is 25.8. The van der Waals surface area contributed by atoms with Crippen molar-refractivity contribution in [2.75, 3.05) is 0 Å². The molecule has 3 heteroatoms. The molecule has 2 unspecified atom stereocenters. The van der Waals surface area contributed by atoms with Crippen molar-refractivity contribution < 1.29 is 0 Å². The molecule has 17 heavy (non-hydrogen) atoms. The third-order valence-corrected chi connectivity index (χ3v) is 6.05. The van der Waals surface area contributed by atoms with E-state index in [9.17, 15) is 0 Å². The summed E-state index contributed by atoms with van der Waals surface area (Å²) >= 11 is 5.47. The molecule has 96 valence electrons. The van der Waals surface area contributed by atoms with Crippen molar-refractivity contribution >= 4 is 27.3 Å². The molecule has 1 aliphatic carbocycles. The van der Waals surface area contributed by atoms with Gasteiger partial charge in [-0.05, 0) is 52.6 Å². The van der Waals surface area contributed by atoms with E-state index < -0.39 is 0 Å². The highest BCUT2D eigenvalue weighted by molar-refractivity contribution is 9.10. The zero-order chi connectivity index (χ0) is 12.5. The van der Waals surface area contributed by atoms with Crippen LogP contribution in [0.3, 0.4) is 0 Å². The quantitative estimate of drug-likeness (QED) is 0.815. The first kappa shape index (κ1) is 13.6. The molecular formula is C14H22BrNS. The first-order valence-electron chi connectivity index (χ1n) is 6.49. The predicted molar refractivity (Wildman–Crippen MR) is 79.6 cm³/mol. The molecule has 0 spiro atoms. The topological polar surface area (TPSA) is 12.0 Å². The van der Waals surface area contributed by atoms with E-state index in [1.807, 2.05) is 11.3 Å². The third kappa shape index (κ3) is 3.12. The van der Waals surface area contributed by atoms with Gasteiger partial charge in [0, 0.05) is 21.4 Å². The van der Waals surface area contributed by atoms with Gasteiger partial charge in [0.15, 0.2) is 0 Å². The van der Waals surface area contributed by atoms with E-state index in [4.69, 9.17) is 0 Å². The van der Waals surface area contributed by atoms with Gasteiger partial charge in [0.05, 0.1) is 0 Å². The molecule has 0 bridgehead atoms. The molecule has 2 atom stereocenters. The lowest BCUT2D eigenvalue weighted by molar-refractivity contribution is 0.158. The predicted octanol–water partition coefficient (Wildman–Crippen LogP) is 5.13. The molecule has 1 N–H and O–H groups in total. The van der Waals surface area contributed by atoms with Gasteiger partial charge in [0.1, 0.15) is 0 Å². The average Bonchev–Trinajstić information content (AvgIpc) is 2.67. The third-order valence-electron chi connectivity index (χ3n) is 4.00. The maximum absolute atomic E-state index is 3.83. The van der Waals surface area contributed by atoms with Crippen molar-refractivity contribution in [2.45, 2.75) is 58.5 Å². The summed E-state index contributed by atoms with van der Waals surface area (Å²) in [5.74, 6) is 0. The van der Waals surface area contributed by atoms with Crippen molar-refractivity contribution in [1.29, 1.82) is 0 Å². The second-order valence-electron chi connectivity index (χ2n) is 5.81. The minimum Gasteiger partial charge on any atom is -0.306 e. The summed E-state index contributed by atoms with van der Waals surface area (Å²) in [6.07, 6.45) is 5.44. The van der Waals surface area contributed by atoms with Gasteiger partial charge in [-0.2, -0.15) is 0 Å². The lowest BCUT2D eigenvalue weighted by Gasteiger charge is -2.40. The molecule has 1 aliphatic rings. The number of rotatable bonds is 3. The molecule has 1 heterocycles.